The quantitative estimate of drug-likeness (QED) is 0.0352. The van der Waals surface area contributed by atoms with Crippen LogP contribution in [0.1, 0.15) is 103 Å². The maximum atomic E-state index is 12.1. The van der Waals surface area contributed by atoms with E-state index in [1.54, 1.807) is 51.2 Å². The van der Waals surface area contributed by atoms with Crippen molar-refractivity contribution in [2.24, 2.45) is 0 Å². The van der Waals surface area contributed by atoms with Gasteiger partial charge in [-0.25, -0.2) is 44.0 Å². The third-order valence-electron chi connectivity index (χ3n) is 25.1. The molecule has 5 aliphatic rings. The number of nitrogens with two attached hydrogens (primary N) is 1. The number of hydrogen-bond acceptors (Lipinski definition) is 25. The Morgan fingerprint density at radius 2 is 0.797 bits per heavy atom. The summed E-state index contributed by atoms with van der Waals surface area (Å²) in [7, 11) is -1.24. The maximum Gasteiger partial charge on any atom is 0.459 e. The van der Waals surface area contributed by atoms with Crippen LogP contribution in [-0.4, -0.2) is 252 Å². The fourth-order valence-corrected chi connectivity index (χ4v) is 17.8. The monoisotopic (exact) mass is 1950 g/mol. The molecule has 5 saturated heterocycles. The molecule has 1 atom stereocenters. The lowest BCUT2D eigenvalue weighted by atomic mass is 9.95. The number of amides is 3. The zero-order chi connectivity index (χ0) is 99.7. The highest BCUT2D eigenvalue weighted by atomic mass is 32.2. The average molecular weight is 1950 g/mol. The number of nitrogens with one attached hydrogen (secondary N) is 3. The summed E-state index contributed by atoms with van der Waals surface area (Å²) in [4.78, 5) is 129. The lowest BCUT2D eigenvalue weighted by Crippen LogP contribution is -2.86. The number of aromatic amines is 2. The minimum atomic E-state index is -5.19. The normalized spacial score (nSPS) is 14.9. The van der Waals surface area contributed by atoms with Crippen LogP contribution in [0, 0.1) is 0 Å². The molecule has 5 fully saturated rings. The van der Waals surface area contributed by atoms with Crippen molar-refractivity contribution < 1.29 is 65.7 Å². The summed E-state index contributed by atoms with van der Waals surface area (Å²) < 4.78 is 47.5. The zero-order valence-electron chi connectivity index (χ0n) is 79.5. The van der Waals surface area contributed by atoms with Gasteiger partial charge in [0.25, 0.3) is 0 Å². The van der Waals surface area contributed by atoms with Gasteiger partial charge >= 0.3 is 18.1 Å². The number of aromatic nitrogens is 17. The number of halogens is 3. The van der Waals surface area contributed by atoms with E-state index in [0.717, 1.165) is 172 Å². The fraction of sp³-hybridized carbons (Fsp3) is 0.274. The third kappa shape index (κ3) is 26.0. The van der Waals surface area contributed by atoms with Crippen LogP contribution >= 0.6 is 0 Å². The van der Waals surface area contributed by atoms with Gasteiger partial charge in [-0.15, -0.1) is 0 Å². The van der Waals surface area contributed by atoms with Gasteiger partial charge in [-0.05, 0) is 101 Å². The van der Waals surface area contributed by atoms with Gasteiger partial charge in [0.2, 0.25) is 46.4 Å². The molecule has 1 unspecified atom stereocenters. The first-order valence-electron chi connectivity index (χ1n) is 47.4. The number of piperidine rings is 2. The number of aldehydes is 2. The molecule has 5 N–H and O–H groups in total. The lowest BCUT2D eigenvalue weighted by Gasteiger charge is -2.34. The first-order valence-corrected chi connectivity index (χ1v) is 48.7. The number of carbonyl (C=O) groups excluding carboxylic acids is 6. The van der Waals surface area contributed by atoms with Gasteiger partial charge in [0.1, 0.15) is 18.5 Å². The molecule has 33 nitrogen and oxygen atoms in total. The molecular formula is C106H108F3N25O8S+2. The number of pyridine rings is 5. The summed E-state index contributed by atoms with van der Waals surface area (Å²) in [6.07, 6.45) is 14.1. The van der Waals surface area contributed by atoms with E-state index in [1.807, 2.05) is 189 Å². The Labute approximate surface area is 825 Å². The minimum absolute atomic E-state index is 0.0921. The van der Waals surface area contributed by atoms with Crippen LogP contribution in [0.5, 0.6) is 0 Å². The Bertz CT molecular complexity index is 7060. The molecule has 16 aromatic rings. The van der Waals surface area contributed by atoms with Gasteiger partial charge < -0.3 is 45.0 Å². The number of carboxylic acids is 1. The Hall–Kier alpha value is -16.0. The van der Waals surface area contributed by atoms with Gasteiger partial charge in [-0.1, -0.05) is 183 Å². The van der Waals surface area contributed by atoms with Crippen molar-refractivity contribution >= 4 is 92.1 Å². The summed E-state index contributed by atoms with van der Waals surface area (Å²) in [5.41, 5.74) is 15.7. The standard InChI is InChI=1S/C38H39N10O.C26H23N5O2.C22H17N3O2S.C12H16N5.C6H12N2O.C2HF3O2/c1-27(49)46-20-22-48(23-21-46)37-39-25-32-24-33(29-8-4-2-5-9-29)34(40-35(32)41-37)30-12-10-28(11-13-30)26-45-18-14-31(15-19-45)36-42-38(44-43-36)47-16-6-3-7-17-47;1-18(33)30-11-13-31(14-12-30)26-27-16-22-15-23(20-5-3-2-4-6-20)24(28-25(22)29-26)21-9-7-19(17-32)8-10-21;1-2-28(27)22-23-13-18-12-19(16-6-4-3-5-7-16)20(24-21(18)25-22)17-10-8-15(14-26)9-11-17;1-2-8-17(9-3-1)12-14-11(15-16-12)10-4-6-13-7-5-10;1-6(9)8-4-2-7-3-5-8;3-2(4,5)1(6)7/h2-13,16-17,24-25,31H,14-15,18-23,26H2,1H3,(H,42,43,44);2-10,15-17H,11-14H2,1H3;3-14H,2H2,1H3;1-3,8-10,13H,4-7H2,(H,14,15,16);7H,2-5H2,1H3;(H,6,7)/q+1;;;+1;;. The Morgan fingerprint density at radius 1 is 0.441 bits per heavy atom. The second-order valence-electron chi connectivity index (χ2n) is 34.6. The van der Waals surface area contributed by atoms with Gasteiger partial charge in [0.05, 0.1) is 65.8 Å². The van der Waals surface area contributed by atoms with Crippen molar-refractivity contribution in [3.63, 3.8) is 0 Å². The van der Waals surface area contributed by atoms with Gasteiger partial charge in [-0.3, -0.25) is 33.1 Å². The molecule has 3 amide bonds. The number of carbonyl (C=O) groups is 6. The number of hydrogen-bond donors (Lipinski definition) is 4. The molecular weight excluding hydrogens is 1840 g/mol. The molecule has 10 aromatic heterocycles. The van der Waals surface area contributed by atoms with E-state index in [1.165, 1.54) is 31.5 Å². The number of benzene rings is 6. The van der Waals surface area contributed by atoms with Crippen molar-refractivity contribution in [3.05, 3.63) is 290 Å². The summed E-state index contributed by atoms with van der Waals surface area (Å²) in [6, 6.07) is 72.0. The number of H-pyrrole nitrogens is 2. The molecule has 0 aliphatic carbocycles. The van der Waals surface area contributed by atoms with Gasteiger partial charge in [0.15, 0.2) is 16.9 Å². The number of nitrogens with zero attached hydrogens (tertiary/aromatic N) is 21. The smallest absolute Gasteiger partial charge is 0.459 e. The van der Waals surface area contributed by atoms with Crippen LogP contribution in [0.15, 0.2) is 267 Å². The molecule has 15 heterocycles. The summed E-state index contributed by atoms with van der Waals surface area (Å²) >= 11 is 0. The molecule has 0 saturated carbocycles. The molecule has 0 spiro atoms. The number of piperazine rings is 3. The first kappa shape index (κ1) is 100. The number of likely N-dealkylation sites (tertiary alicyclic amines) is 1. The lowest BCUT2D eigenvalue weighted by molar-refractivity contribution is -0.663. The number of aliphatic carboxylic acids is 1. The number of fused-ring (bicyclic) bond motifs is 3. The van der Waals surface area contributed by atoms with Gasteiger partial charge in [-0.2, -0.15) is 33.3 Å². The Balaban J connectivity index is 0.000000136. The average Bonchev–Trinajstić information content (AvgIpc) is 1.74. The van der Waals surface area contributed by atoms with Crippen LogP contribution in [0.2, 0.25) is 0 Å². The van der Waals surface area contributed by atoms with E-state index in [0.29, 0.717) is 116 Å². The molecule has 21 rings (SSSR count). The van der Waals surface area contributed by atoms with Crippen molar-refractivity contribution in [3.8, 4) is 79.0 Å². The van der Waals surface area contributed by atoms with E-state index in [4.69, 9.17) is 44.8 Å². The van der Waals surface area contributed by atoms with Crippen molar-refractivity contribution in [2.75, 3.05) is 120 Å². The van der Waals surface area contributed by atoms with Crippen LogP contribution in [-0.2, 0) is 36.5 Å². The van der Waals surface area contributed by atoms with E-state index in [-0.39, 0.29) is 22.9 Å². The highest BCUT2D eigenvalue weighted by molar-refractivity contribution is 7.84. The van der Waals surface area contributed by atoms with Crippen LogP contribution in [0.4, 0.5) is 25.1 Å². The van der Waals surface area contributed by atoms with E-state index in [9.17, 15) is 41.4 Å². The Morgan fingerprint density at radius 3 is 1.16 bits per heavy atom. The predicted octanol–water partition coefficient (Wildman–Crippen LogP) is 11.2. The Kier molecular flexibility index (Phi) is 33.4. The number of alkyl halides is 3. The molecule has 0 bridgehead atoms. The van der Waals surface area contributed by atoms with Crippen LogP contribution < -0.4 is 34.7 Å². The molecule has 143 heavy (non-hydrogen) atoms. The number of quaternary nitrogens is 1. The number of carboxylic acid groups (broad SMARTS) is 1. The second kappa shape index (κ2) is 47.8. The highest BCUT2D eigenvalue weighted by Crippen LogP contribution is 2.39. The SMILES string of the molecule is CC(=O)N1CCN(c2ncc3cc(-c4ccccc4)c(-c4ccc(C=O)cc4)nc3n2)CC1.CC(=O)N1CCN(c2ncc3cc(-c4ccccc4)c(-c4ccc(CN5CCC(c6nc(-[n+]7ccccc7)n[nH]6)CC5)cc4)nc3n2)CC1.CC(=O)N1CCNCC1.CCS(=O)c1ncc2cc(-c3ccccc3)c(-c3ccc(C=O)cc3)nc2n1.O=C([O-])C(F)(F)F.c1cc[n+](-c2n[nH]c(C3CC[NH2+]CC3)n2)cc1. The zero-order valence-corrected chi connectivity index (χ0v) is 80.3. The first-order chi connectivity index (χ1) is 69.6. The molecule has 37 heteroatoms. The third-order valence-corrected chi connectivity index (χ3v) is 26.3. The fourth-order valence-electron chi connectivity index (χ4n) is 17.2. The van der Waals surface area contributed by atoms with E-state index in [2.05, 4.69) is 138 Å². The number of rotatable bonds is 18. The van der Waals surface area contributed by atoms with Crippen LogP contribution in [0.25, 0.3) is 112 Å². The van der Waals surface area contributed by atoms with Crippen molar-refractivity contribution in [2.45, 2.75) is 83.1 Å². The maximum absolute atomic E-state index is 12.1. The molecule has 5 aliphatic heterocycles. The second-order valence-corrected chi connectivity index (χ2v) is 36.3. The van der Waals surface area contributed by atoms with E-state index >= 15 is 0 Å². The van der Waals surface area contributed by atoms with Crippen molar-refractivity contribution in [1.29, 1.82) is 0 Å². The highest BCUT2D eigenvalue weighted by Gasteiger charge is 2.32. The molecule has 730 valence electrons. The predicted molar refractivity (Wildman–Crippen MR) is 534 cm³/mol. The summed E-state index contributed by atoms with van der Waals surface area (Å²) in [5.74, 6) is 3.46. The van der Waals surface area contributed by atoms with Crippen molar-refractivity contribution in [1.82, 2.24) is 100 Å². The largest absolute Gasteiger partial charge is 0.542 e. The van der Waals surface area contributed by atoms with Crippen LogP contribution in [0.3, 0.4) is 0 Å². The summed E-state index contributed by atoms with van der Waals surface area (Å²) in [6.45, 7) is 21.0. The number of anilines is 2. The summed E-state index contributed by atoms with van der Waals surface area (Å²) in [5, 5.41) is 32.1. The van der Waals surface area contributed by atoms with E-state index < -0.39 is 22.9 Å². The minimum Gasteiger partial charge on any atom is -0.542 e. The topological polar surface area (TPSA) is 398 Å². The molecule has 6 aromatic carbocycles. The van der Waals surface area contributed by atoms with Gasteiger partial charge in [0, 0.05) is 226 Å². The molecule has 0 radical (unpaired) electrons.